The monoisotopic (exact) mass is 328 g/mol. The number of hydrogen-bond acceptors (Lipinski definition) is 3. The van der Waals surface area contributed by atoms with Crippen molar-refractivity contribution in [1.29, 1.82) is 0 Å². The summed E-state index contributed by atoms with van der Waals surface area (Å²) in [6, 6.07) is 6.33. The molecule has 0 heterocycles. The Balaban J connectivity index is 2.83. The highest BCUT2D eigenvalue weighted by Crippen LogP contribution is 2.24. The highest BCUT2D eigenvalue weighted by atomic mass is 79.9. The molecule has 1 aromatic rings. The van der Waals surface area contributed by atoms with Gasteiger partial charge in [-0.3, -0.25) is 0 Å². The molecule has 0 spiro atoms. The number of rotatable bonds is 8. The summed E-state index contributed by atoms with van der Waals surface area (Å²) >= 11 is 3.53. The van der Waals surface area contributed by atoms with Gasteiger partial charge in [-0.05, 0) is 43.1 Å². The van der Waals surface area contributed by atoms with Gasteiger partial charge in [0.05, 0.1) is 6.61 Å². The number of halogens is 1. The Labute approximate surface area is 125 Å². The van der Waals surface area contributed by atoms with Crippen LogP contribution in [0.2, 0.25) is 0 Å². The average molecular weight is 329 g/mol. The van der Waals surface area contributed by atoms with Crippen molar-refractivity contribution in [2.75, 3.05) is 31.1 Å². The number of anilines is 1. The lowest BCUT2D eigenvalue weighted by Gasteiger charge is -2.25. The molecule has 0 aliphatic rings. The summed E-state index contributed by atoms with van der Waals surface area (Å²) in [7, 11) is 0. The first-order chi connectivity index (χ1) is 9.08. The van der Waals surface area contributed by atoms with E-state index in [4.69, 9.17) is 5.11 Å². The van der Waals surface area contributed by atoms with E-state index in [1.54, 1.807) is 0 Å². The molecule has 0 fully saturated rings. The maximum atomic E-state index is 9.16. The topological polar surface area (TPSA) is 35.5 Å². The van der Waals surface area contributed by atoms with Gasteiger partial charge in [0.15, 0.2) is 0 Å². The van der Waals surface area contributed by atoms with Gasteiger partial charge in [0.1, 0.15) is 0 Å². The van der Waals surface area contributed by atoms with Crippen LogP contribution >= 0.6 is 15.9 Å². The lowest BCUT2D eigenvalue weighted by atomic mass is 10.1. The van der Waals surface area contributed by atoms with E-state index in [1.165, 1.54) is 11.3 Å². The van der Waals surface area contributed by atoms with Crippen molar-refractivity contribution in [3.8, 4) is 0 Å². The Morgan fingerprint density at radius 2 is 2.11 bits per heavy atom. The molecule has 108 valence electrons. The van der Waals surface area contributed by atoms with Crippen molar-refractivity contribution < 1.29 is 5.11 Å². The minimum Gasteiger partial charge on any atom is -0.395 e. The van der Waals surface area contributed by atoms with Gasteiger partial charge in [-0.25, -0.2) is 0 Å². The van der Waals surface area contributed by atoms with Crippen molar-refractivity contribution in [3.05, 3.63) is 28.2 Å². The van der Waals surface area contributed by atoms with E-state index >= 15 is 0 Å². The van der Waals surface area contributed by atoms with Gasteiger partial charge < -0.3 is 15.3 Å². The standard InChI is InChI=1S/C15H25BrN2O/c1-4-18(7-8-19)15-6-5-14(16)9-13(15)11-17-10-12(2)3/h5-6,9,12,17,19H,4,7-8,10-11H2,1-3H3. The fraction of sp³-hybridized carbons (Fsp3) is 0.600. The summed E-state index contributed by atoms with van der Waals surface area (Å²) in [4.78, 5) is 2.21. The summed E-state index contributed by atoms with van der Waals surface area (Å²) in [5, 5.41) is 12.6. The third-order valence-electron chi connectivity index (χ3n) is 3.00. The molecule has 19 heavy (non-hydrogen) atoms. The molecule has 3 nitrogen and oxygen atoms in total. The predicted octanol–water partition coefficient (Wildman–Crippen LogP) is 3.01. The normalized spacial score (nSPS) is 11.1. The van der Waals surface area contributed by atoms with Crippen LogP contribution in [0.4, 0.5) is 5.69 Å². The van der Waals surface area contributed by atoms with E-state index < -0.39 is 0 Å². The maximum Gasteiger partial charge on any atom is 0.0606 e. The van der Waals surface area contributed by atoms with Crippen LogP contribution in [0.3, 0.4) is 0 Å². The number of aliphatic hydroxyl groups is 1. The SMILES string of the molecule is CCN(CCO)c1ccc(Br)cc1CNCC(C)C. The molecule has 0 unspecified atom stereocenters. The predicted molar refractivity (Wildman–Crippen MR) is 85.7 cm³/mol. The lowest BCUT2D eigenvalue weighted by Crippen LogP contribution is -2.28. The Morgan fingerprint density at radius 3 is 2.68 bits per heavy atom. The minimum absolute atomic E-state index is 0.183. The Bertz CT molecular complexity index is 382. The maximum absolute atomic E-state index is 9.16. The van der Waals surface area contributed by atoms with Crippen LogP contribution in [0, 0.1) is 5.92 Å². The average Bonchev–Trinajstić information content (AvgIpc) is 2.36. The second-order valence-electron chi connectivity index (χ2n) is 5.10. The molecular weight excluding hydrogens is 304 g/mol. The largest absolute Gasteiger partial charge is 0.395 e. The fourth-order valence-electron chi connectivity index (χ4n) is 2.07. The number of hydrogen-bond donors (Lipinski definition) is 2. The molecule has 1 aromatic carbocycles. The van der Waals surface area contributed by atoms with Crippen molar-refractivity contribution >= 4 is 21.6 Å². The van der Waals surface area contributed by atoms with E-state index in [2.05, 4.69) is 65.1 Å². The quantitative estimate of drug-likeness (QED) is 0.770. The second kappa shape index (κ2) is 8.56. The third-order valence-corrected chi connectivity index (χ3v) is 3.50. The molecule has 0 radical (unpaired) electrons. The third kappa shape index (κ3) is 5.51. The van der Waals surface area contributed by atoms with Crippen molar-refractivity contribution in [2.24, 2.45) is 5.92 Å². The van der Waals surface area contributed by atoms with Crippen LogP contribution in [0.25, 0.3) is 0 Å². The Hall–Kier alpha value is -0.580. The number of nitrogens with one attached hydrogen (secondary N) is 1. The first-order valence-electron chi connectivity index (χ1n) is 6.93. The van der Waals surface area contributed by atoms with Crippen LogP contribution in [-0.2, 0) is 6.54 Å². The smallest absolute Gasteiger partial charge is 0.0606 e. The molecule has 0 aliphatic heterocycles. The second-order valence-corrected chi connectivity index (χ2v) is 6.02. The zero-order valence-corrected chi connectivity index (χ0v) is 13.7. The lowest BCUT2D eigenvalue weighted by molar-refractivity contribution is 0.302. The zero-order chi connectivity index (χ0) is 14.3. The van der Waals surface area contributed by atoms with Crippen molar-refractivity contribution in [2.45, 2.75) is 27.3 Å². The van der Waals surface area contributed by atoms with Gasteiger partial charge in [-0.15, -0.1) is 0 Å². The molecule has 0 saturated carbocycles. The van der Waals surface area contributed by atoms with Crippen LogP contribution in [0.15, 0.2) is 22.7 Å². The molecular formula is C15H25BrN2O. The van der Waals surface area contributed by atoms with E-state index in [1.807, 2.05) is 0 Å². The Kier molecular flexibility index (Phi) is 7.42. The van der Waals surface area contributed by atoms with Crippen molar-refractivity contribution in [1.82, 2.24) is 5.32 Å². The number of nitrogens with zero attached hydrogens (tertiary/aromatic N) is 1. The Morgan fingerprint density at radius 1 is 1.37 bits per heavy atom. The molecule has 1 rings (SSSR count). The van der Waals surface area contributed by atoms with Gasteiger partial charge in [0, 0.05) is 29.8 Å². The summed E-state index contributed by atoms with van der Waals surface area (Å²) in [5.74, 6) is 0.648. The molecule has 0 bridgehead atoms. The van der Waals surface area contributed by atoms with Crippen molar-refractivity contribution in [3.63, 3.8) is 0 Å². The van der Waals surface area contributed by atoms with E-state index in [0.29, 0.717) is 12.5 Å². The van der Waals surface area contributed by atoms with Crippen LogP contribution in [0.5, 0.6) is 0 Å². The van der Waals surface area contributed by atoms with Gasteiger partial charge in [0.2, 0.25) is 0 Å². The van der Waals surface area contributed by atoms with Gasteiger partial charge >= 0.3 is 0 Å². The zero-order valence-electron chi connectivity index (χ0n) is 12.1. The van der Waals surface area contributed by atoms with Crippen LogP contribution in [0.1, 0.15) is 26.3 Å². The molecule has 0 aromatic heterocycles. The molecule has 0 aliphatic carbocycles. The summed E-state index contributed by atoms with van der Waals surface area (Å²) in [6.45, 7) is 10.2. The molecule has 0 amide bonds. The first-order valence-corrected chi connectivity index (χ1v) is 7.72. The highest BCUT2D eigenvalue weighted by molar-refractivity contribution is 9.10. The number of likely N-dealkylation sites (N-methyl/N-ethyl adjacent to an activating group) is 1. The fourth-order valence-corrected chi connectivity index (χ4v) is 2.48. The highest BCUT2D eigenvalue weighted by Gasteiger charge is 2.10. The minimum atomic E-state index is 0.183. The number of aliphatic hydroxyl groups excluding tert-OH is 1. The molecule has 2 N–H and O–H groups in total. The molecule has 4 heteroatoms. The van der Waals surface area contributed by atoms with Gasteiger partial charge in [-0.2, -0.15) is 0 Å². The summed E-state index contributed by atoms with van der Waals surface area (Å²) in [5.41, 5.74) is 2.47. The van der Waals surface area contributed by atoms with E-state index in [-0.39, 0.29) is 6.61 Å². The summed E-state index contributed by atoms with van der Waals surface area (Å²) < 4.78 is 1.10. The van der Waals surface area contributed by atoms with E-state index in [0.717, 1.165) is 24.1 Å². The van der Waals surface area contributed by atoms with E-state index in [9.17, 15) is 0 Å². The van der Waals surface area contributed by atoms with Crippen LogP contribution in [-0.4, -0.2) is 31.3 Å². The van der Waals surface area contributed by atoms with Gasteiger partial charge in [-0.1, -0.05) is 29.8 Å². The first kappa shape index (κ1) is 16.5. The van der Waals surface area contributed by atoms with Gasteiger partial charge in [0.25, 0.3) is 0 Å². The molecule has 0 saturated heterocycles. The van der Waals surface area contributed by atoms with Crippen LogP contribution < -0.4 is 10.2 Å². The molecule has 0 atom stereocenters. The summed E-state index contributed by atoms with van der Waals surface area (Å²) in [6.07, 6.45) is 0. The number of benzene rings is 1.